The van der Waals surface area contributed by atoms with Crippen LogP contribution in [0.2, 0.25) is 0 Å². The average molecular weight is 379 g/mol. The number of para-hydroxylation sites is 1. The van der Waals surface area contributed by atoms with Gasteiger partial charge in [0.25, 0.3) is 5.91 Å². The number of aliphatic carboxylic acids is 1. The van der Waals surface area contributed by atoms with Gasteiger partial charge in [-0.05, 0) is 53.6 Å². The summed E-state index contributed by atoms with van der Waals surface area (Å²) in [4.78, 5) is 27.5. The van der Waals surface area contributed by atoms with E-state index >= 15 is 0 Å². The van der Waals surface area contributed by atoms with Gasteiger partial charge in [-0.2, -0.15) is 0 Å². The summed E-state index contributed by atoms with van der Waals surface area (Å²) in [6.07, 6.45) is 2.54. The van der Waals surface area contributed by atoms with Crippen molar-refractivity contribution in [1.29, 1.82) is 0 Å². The molecular weight excluding hydrogens is 360 g/mol. The molecule has 0 bridgehead atoms. The Morgan fingerprint density at radius 3 is 2.57 bits per heavy atom. The highest BCUT2D eigenvalue weighted by atomic mass is 79.9. The van der Waals surface area contributed by atoms with Crippen molar-refractivity contribution < 1.29 is 14.7 Å². The van der Waals surface area contributed by atoms with E-state index in [1.807, 2.05) is 24.3 Å². The van der Waals surface area contributed by atoms with Crippen molar-refractivity contribution in [1.82, 2.24) is 10.3 Å². The van der Waals surface area contributed by atoms with Gasteiger partial charge in [-0.1, -0.05) is 25.1 Å². The number of carbonyl (C=O) groups is 2. The number of H-pyrrole nitrogens is 1. The van der Waals surface area contributed by atoms with E-state index in [-0.39, 0.29) is 5.91 Å². The first-order valence-corrected chi connectivity index (χ1v) is 8.54. The Labute approximate surface area is 142 Å². The Hall–Kier alpha value is -1.82. The van der Waals surface area contributed by atoms with E-state index in [1.54, 1.807) is 0 Å². The van der Waals surface area contributed by atoms with Gasteiger partial charge in [-0.25, -0.2) is 4.79 Å². The van der Waals surface area contributed by atoms with Crippen molar-refractivity contribution in [3.63, 3.8) is 0 Å². The predicted octanol–water partition coefficient (Wildman–Crippen LogP) is 3.69. The molecule has 1 aromatic heterocycles. The molecule has 6 heteroatoms. The topological polar surface area (TPSA) is 82.2 Å². The number of carbonyl (C=O) groups excluding carboxylic acids is 1. The van der Waals surface area contributed by atoms with Gasteiger partial charge in [-0.15, -0.1) is 0 Å². The molecule has 3 rings (SSSR count). The third-order valence-corrected chi connectivity index (χ3v) is 5.58. The molecule has 23 heavy (non-hydrogen) atoms. The largest absolute Gasteiger partial charge is 0.480 e. The van der Waals surface area contributed by atoms with E-state index in [2.05, 4.69) is 33.2 Å². The van der Waals surface area contributed by atoms with Crippen molar-refractivity contribution >= 4 is 38.7 Å². The van der Waals surface area contributed by atoms with Crippen LogP contribution in [0.15, 0.2) is 28.7 Å². The van der Waals surface area contributed by atoms with E-state index in [0.29, 0.717) is 28.9 Å². The van der Waals surface area contributed by atoms with Crippen molar-refractivity contribution in [3.8, 4) is 0 Å². The number of nitrogens with one attached hydrogen (secondary N) is 2. The molecule has 1 heterocycles. The van der Waals surface area contributed by atoms with Gasteiger partial charge in [0.05, 0.1) is 4.47 Å². The van der Waals surface area contributed by atoms with Crippen LogP contribution < -0.4 is 5.32 Å². The SMILES string of the molecule is CC1CCC(NC(=O)c2[nH]c3ccccc3c2Br)(C(=O)O)CC1. The second-order valence-electron chi connectivity index (χ2n) is 6.38. The highest BCUT2D eigenvalue weighted by molar-refractivity contribution is 9.10. The molecule has 1 aromatic carbocycles. The van der Waals surface area contributed by atoms with Gasteiger partial charge in [0, 0.05) is 10.9 Å². The van der Waals surface area contributed by atoms with Gasteiger partial charge in [0.15, 0.2) is 0 Å². The van der Waals surface area contributed by atoms with Gasteiger partial charge in [-0.3, -0.25) is 4.79 Å². The molecule has 1 fully saturated rings. The molecule has 1 amide bonds. The van der Waals surface area contributed by atoms with E-state index in [9.17, 15) is 14.7 Å². The Balaban J connectivity index is 1.89. The van der Waals surface area contributed by atoms with Crippen LogP contribution in [0, 0.1) is 5.92 Å². The van der Waals surface area contributed by atoms with Crippen LogP contribution in [0.5, 0.6) is 0 Å². The van der Waals surface area contributed by atoms with Crippen LogP contribution in [0.1, 0.15) is 43.1 Å². The molecule has 0 aliphatic heterocycles. The Kier molecular flexibility index (Phi) is 4.19. The maximum atomic E-state index is 12.7. The zero-order chi connectivity index (χ0) is 16.6. The van der Waals surface area contributed by atoms with Crippen molar-refractivity contribution in [3.05, 3.63) is 34.4 Å². The molecule has 2 aromatic rings. The first-order chi connectivity index (χ1) is 10.9. The van der Waals surface area contributed by atoms with E-state index < -0.39 is 11.5 Å². The van der Waals surface area contributed by atoms with Gasteiger partial charge >= 0.3 is 5.97 Å². The number of halogens is 1. The summed E-state index contributed by atoms with van der Waals surface area (Å²) < 4.78 is 0.662. The zero-order valence-electron chi connectivity index (χ0n) is 12.9. The summed E-state index contributed by atoms with van der Waals surface area (Å²) in [5.74, 6) is -0.839. The standard InChI is InChI=1S/C17H19BrN2O3/c1-10-6-8-17(9-7-10,16(22)23)20-15(21)14-13(18)11-4-2-3-5-12(11)19-14/h2-5,10,19H,6-9H2,1H3,(H,20,21)(H,22,23). The fourth-order valence-electron chi connectivity index (χ4n) is 3.19. The number of rotatable bonds is 3. The number of amides is 1. The monoisotopic (exact) mass is 378 g/mol. The zero-order valence-corrected chi connectivity index (χ0v) is 14.4. The lowest BCUT2D eigenvalue weighted by Crippen LogP contribution is -2.56. The summed E-state index contributed by atoms with van der Waals surface area (Å²) in [6, 6.07) is 7.56. The van der Waals surface area contributed by atoms with Gasteiger partial charge in [0.2, 0.25) is 0 Å². The maximum Gasteiger partial charge on any atom is 0.329 e. The number of benzene rings is 1. The fourth-order valence-corrected chi connectivity index (χ4v) is 3.82. The van der Waals surface area contributed by atoms with E-state index in [1.165, 1.54) is 0 Å². The van der Waals surface area contributed by atoms with Crippen molar-refractivity contribution in [2.45, 2.75) is 38.1 Å². The minimum atomic E-state index is -1.17. The smallest absolute Gasteiger partial charge is 0.329 e. The second-order valence-corrected chi connectivity index (χ2v) is 7.18. The number of aromatic amines is 1. The quantitative estimate of drug-likeness (QED) is 0.761. The summed E-state index contributed by atoms with van der Waals surface area (Å²) in [5.41, 5.74) is 0.0389. The molecule has 122 valence electrons. The molecule has 1 aliphatic carbocycles. The summed E-state index contributed by atoms with van der Waals surface area (Å²) in [7, 11) is 0. The Morgan fingerprint density at radius 1 is 1.30 bits per heavy atom. The molecule has 1 aliphatic rings. The molecule has 0 radical (unpaired) electrons. The first kappa shape index (κ1) is 16.1. The third kappa shape index (κ3) is 2.87. The van der Waals surface area contributed by atoms with Crippen molar-refractivity contribution in [2.75, 3.05) is 0 Å². The normalized spacial score (nSPS) is 24.5. The lowest BCUT2D eigenvalue weighted by molar-refractivity contribution is -0.146. The number of carboxylic acid groups (broad SMARTS) is 1. The predicted molar refractivity (Wildman–Crippen MR) is 91.5 cm³/mol. The number of carboxylic acids is 1. The van der Waals surface area contributed by atoms with Crippen molar-refractivity contribution in [2.24, 2.45) is 5.92 Å². The van der Waals surface area contributed by atoms with Gasteiger partial charge in [0.1, 0.15) is 11.2 Å². The molecule has 1 saturated carbocycles. The minimum Gasteiger partial charge on any atom is -0.480 e. The summed E-state index contributed by atoms with van der Waals surface area (Å²) >= 11 is 3.44. The molecule has 0 atom stereocenters. The van der Waals surface area contributed by atoms with Gasteiger partial charge < -0.3 is 15.4 Å². The molecular formula is C17H19BrN2O3. The highest BCUT2D eigenvalue weighted by Gasteiger charge is 2.43. The molecule has 5 nitrogen and oxygen atoms in total. The molecule has 3 N–H and O–H groups in total. The minimum absolute atomic E-state index is 0.366. The van der Waals surface area contributed by atoms with Crippen LogP contribution >= 0.6 is 15.9 Å². The Bertz CT molecular complexity index is 760. The summed E-state index contributed by atoms with van der Waals surface area (Å²) in [6.45, 7) is 2.11. The lowest BCUT2D eigenvalue weighted by atomic mass is 9.77. The number of fused-ring (bicyclic) bond motifs is 1. The molecule has 0 unspecified atom stereocenters. The van der Waals surface area contributed by atoms with Crippen LogP contribution in [-0.2, 0) is 4.79 Å². The second kappa shape index (κ2) is 6.00. The fraction of sp³-hybridized carbons (Fsp3) is 0.412. The number of aromatic nitrogens is 1. The molecule has 0 saturated heterocycles. The molecule has 0 spiro atoms. The van der Waals surface area contributed by atoms with Crippen LogP contribution in [0.25, 0.3) is 10.9 Å². The van der Waals surface area contributed by atoms with Crippen LogP contribution in [0.4, 0.5) is 0 Å². The first-order valence-electron chi connectivity index (χ1n) is 7.75. The Morgan fingerprint density at radius 2 is 1.96 bits per heavy atom. The van der Waals surface area contributed by atoms with Crippen LogP contribution in [-0.4, -0.2) is 27.5 Å². The lowest BCUT2D eigenvalue weighted by Gasteiger charge is -2.36. The average Bonchev–Trinajstić information content (AvgIpc) is 2.87. The third-order valence-electron chi connectivity index (χ3n) is 4.76. The number of hydrogen-bond acceptors (Lipinski definition) is 2. The highest BCUT2D eigenvalue weighted by Crippen LogP contribution is 2.33. The number of hydrogen-bond donors (Lipinski definition) is 3. The van der Waals surface area contributed by atoms with Crippen LogP contribution in [0.3, 0.4) is 0 Å². The summed E-state index contributed by atoms with van der Waals surface area (Å²) in [5, 5.41) is 13.3. The maximum absolute atomic E-state index is 12.7. The van der Waals surface area contributed by atoms with E-state index in [4.69, 9.17) is 0 Å². The van der Waals surface area contributed by atoms with E-state index in [0.717, 1.165) is 23.7 Å².